The molecule has 1 atom stereocenters. The second kappa shape index (κ2) is 5.18. The number of carbonyl (C=O) groups is 1. The van der Waals surface area contributed by atoms with Gasteiger partial charge in [-0.25, -0.2) is 0 Å². The average Bonchev–Trinajstić information content (AvgIpc) is 2.30. The van der Waals surface area contributed by atoms with Crippen LogP contribution in [0.15, 0.2) is 24.4 Å². The van der Waals surface area contributed by atoms with Gasteiger partial charge in [0.15, 0.2) is 5.78 Å². The van der Waals surface area contributed by atoms with Crippen LogP contribution in [0.2, 0.25) is 0 Å². The Balaban J connectivity index is 1.92. The zero-order valence-electron chi connectivity index (χ0n) is 9.30. The lowest BCUT2D eigenvalue weighted by molar-refractivity contribution is 0.0903. The van der Waals surface area contributed by atoms with E-state index in [2.05, 4.69) is 9.88 Å². The van der Waals surface area contributed by atoms with Gasteiger partial charge in [-0.05, 0) is 31.5 Å². The summed E-state index contributed by atoms with van der Waals surface area (Å²) >= 11 is 0. The van der Waals surface area contributed by atoms with E-state index in [0.29, 0.717) is 12.2 Å². The summed E-state index contributed by atoms with van der Waals surface area (Å²) in [6, 6.07) is 5.62. The third kappa shape index (κ3) is 2.87. The van der Waals surface area contributed by atoms with Crippen molar-refractivity contribution in [2.45, 2.75) is 18.9 Å². The van der Waals surface area contributed by atoms with Crippen molar-refractivity contribution in [1.29, 1.82) is 0 Å². The Labute approximate surface area is 95.5 Å². The lowest BCUT2D eigenvalue weighted by atomic mass is 10.1. The molecule has 1 aliphatic heterocycles. The minimum absolute atomic E-state index is 0.0784. The number of nitrogens with zero attached hydrogens (tertiary/aromatic N) is 2. The summed E-state index contributed by atoms with van der Waals surface area (Å²) in [5.41, 5.74) is 6.41. The number of pyridine rings is 1. The molecule has 0 bridgehead atoms. The third-order valence-corrected chi connectivity index (χ3v) is 2.86. The summed E-state index contributed by atoms with van der Waals surface area (Å²) in [5, 5.41) is 0. The average molecular weight is 219 g/mol. The molecule has 0 spiro atoms. The van der Waals surface area contributed by atoms with Crippen LogP contribution in [0.25, 0.3) is 0 Å². The van der Waals surface area contributed by atoms with E-state index < -0.39 is 0 Å². The number of nitrogens with two attached hydrogens (primary N) is 1. The van der Waals surface area contributed by atoms with E-state index in [9.17, 15) is 4.79 Å². The number of hydrogen-bond acceptors (Lipinski definition) is 4. The van der Waals surface area contributed by atoms with Gasteiger partial charge in [-0.1, -0.05) is 6.07 Å². The molecule has 1 aliphatic rings. The molecule has 1 aromatic heterocycles. The molecule has 0 saturated carbocycles. The van der Waals surface area contributed by atoms with E-state index in [1.54, 1.807) is 12.3 Å². The molecule has 0 unspecified atom stereocenters. The topological polar surface area (TPSA) is 59.2 Å². The van der Waals surface area contributed by atoms with Gasteiger partial charge in [-0.15, -0.1) is 0 Å². The largest absolute Gasteiger partial charge is 0.327 e. The molecule has 2 N–H and O–H groups in total. The monoisotopic (exact) mass is 219 g/mol. The van der Waals surface area contributed by atoms with Gasteiger partial charge in [-0.2, -0.15) is 0 Å². The van der Waals surface area contributed by atoms with Crippen molar-refractivity contribution in [1.82, 2.24) is 9.88 Å². The van der Waals surface area contributed by atoms with Crippen molar-refractivity contribution < 1.29 is 4.79 Å². The molecule has 4 heteroatoms. The molecular weight excluding hydrogens is 202 g/mol. The van der Waals surface area contributed by atoms with Gasteiger partial charge in [0.2, 0.25) is 0 Å². The van der Waals surface area contributed by atoms with E-state index in [4.69, 9.17) is 5.73 Å². The van der Waals surface area contributed by atoms with Gasteiger partial charge in [0.05, 0.1) is 6.54 Å². The first kappa shape index (κ1) is 11.2. The SMILES string of the molecule is N[C@@H]1CCCN(CC(=O)c2ccccn2)C1. The van der Waals surface area contributed by atoms with E-state index in [0.717, 1.165) is 25.9 Å². The molecule has 16 heavy (non-hydrogen) atoms. The van der Waals surface area contributed by atoms with Crippen molar-refractivity contribution in [3.05, 3.63) is 30.1 Å². The predicted octanol–water partition coefficient (Wildman–Crippen LogP) is 0.687. The van der Waals surface area contributed by atoms with Crippen LogP contribution in [0.4, 0.5) is 0 Å². The van der Waals surface area contributed by atoms with E-state index in [1.165, 1.54) is 0 Å². The number of likely N-dealkylation sites (tertiary alicyclic amines) is 1. The van der Waals surface area contributed by atoms with Crippen molar-refractivity contribution in [2.75, 3.05) is 19.6 Å². The van der Waals surface area contributed by atoms with Crippen LogP contribution in [0.1, 0.15) is 23.3 Å². The first-order chi connectivity index (χ1) is 7.75. The maximum Gasteiger partial charge on any atom is 0.195 e. The Kier molecular flexibility index (Phi) is 3.64. The third-order valence-electron chi connectivity index (χ3n) is 2.86. The summed E-state index contributed by atoms with van der Waals surface area (Å²) < 4.78 is 0. The quantitative estimate of drug-likeness (QED) is 0.760. The fourth-order valence-electron chi connectivity index (χ4n) is 2.05. The van der Waals surface area contributed by atoms with Gasteiger partial charge >= 0.3 is 0 Å². The zero-order valence-corrected chi connectivity index (χ0v) is 9.30. The maximum atomic E-state index is 11.9. The van der Waals surface area contributed by atoms with Gasteiger partial charge in [0.1, 0.15) is 5.69 Å². The minimum atomic E-state index is 0.0784. The van der Waals surface area contributed by atoms with Crippen LogP contribution >= 0.6 is 0 Å². The summed E-state index contributed by atoms with van der Waals surface area (Å²) in [6.07, 6.45) is 3.79. The molecule has 0 aromatic carbocycles. The Morgan fingerprint density at radius 1 is 1.56 bits per heavy atom. The molecule has 0 amide bonds. The molecule has 1 saturated heterocycles. The van der Waals surface area contributed by atoms with E-state index in [-0.39, 0.29) is 11.8 Å². The van der Waals surface area contributed by atoms with Crippen molar-refractivity contribution in [3.63, 3.8) is 0 Å². The highest BCUT2D eigenvalue weighted by atomic mass is 16.1. The Bertz CT molecular complexity index is 353. The number of Topliss-reactive ketones (excluding diaryl/α,β-unsaturated/α-hetero) is 1. The molecule has 86 valence electrons. The molecule has 2 rings (SSSR count). The van der Waals surface area contributed by atoms with Crippen LogP contribution in [-0.2, 0) is 0 Å². The molecule has 0 radical (unpaired) electrons. The number of carbonyl (C=O) groups excluding carboxylic acids is 1. The van der Waals surface area contributed by atoms with Gasteiger partial charge in [0.25, 0.3) is 0 Å². The summed E-state index contributed by atoms with van der Waals surface area (Å²) in [5.74, 6) is 0.0784. The predicted molar refractivity (Wildman–Crippen MR) is 62.2 cm³/mol. The summed E-state index contributed by atoms with van der Waals surface area (Å²) in [4.78, 5) is 18.0. The van der Waals surface area contributed by atoms with Crippen LogP contribution in [0.5, 0.6) is 0 Å². The Morgan fingerprint density at radius 3 is 3.12 bits per heavy atom. The fraction of sp³-hybridized carbons (Fsp3) is 0.500. The molecule has 2 heterocycles. The van der Waals surface area contributed by atoms with Crippen molar-refractivity contribution in [2.24, 2.45) is 5.73 Å². The lowest BCUT2D eigenvalue weighted by Crippen LogP contribution is -2.44. The standard InChI is InChI=1S/C12H17N3O/c13-10-4-3-7-15(8-10)9-12(16)11-5-1-2-6-14-11/h1-2,5-6,10H,3-4,7-9,13H2/t10-/m1/s1. The normalized spacial score (nSPS) is 21.9. The first-order valence-corrected chi connectivity index (χ1v) is 5.68. The number of ketones is 1. The van der Waals surface area contributed by atoms with Gasteiger partial charge in [0, 0.05) is 18.8 Å². The highest BCUT2D eigenvalue weighted by Gasteiger charge is 2.19. The first-order valence-electron chi connectivity index (χ1n) is 5.68. The van der Waals surface area contributed by atoms with Crippen LogP contribution in [-0.4, -0.2) is 41.3 Å². The number of hydrogen-bond donors (Lipinski definition) is 1. The zero-order chi connectivity index (χ0) is 11.4. The van der Waals surface area contributed by atoms with E-state index >= 15 is 0 Å². The summed E-state index contributed by atoms with van der Waals surface area (Å²) in [7, 11) is 0. The molecule has 1 fully saturated rings. The highest BCUT2D eigenvalue weighted by Crippen LogP contribution is 2.08. The lowest BCUT2D eigenvalue weighted by Gasteiger charge is -2.29. The highest BCUT2D eigenvalue weighted by molar-refractivity contribution is 5.95. The van der Waals surface area contributed by atoms with E-state index in [1.807, 2.05) is 12.1 Å². The molecule has 0 aliphatic carbocycles. The van der Waals surface area contributed by atoms with Gasteiger partial charge in [-0.3, -0.25) is 14.7 Å². The van der Waals surface area contributed by atoms with Crippen LogP contribution < -0.4 is 5.73 Å². The van der Waals surface area contributed by atoms with Gasteiger partial charge < -0.3 is 5.73 Å². The summed E-state index contributed by atoms with van der Waals surface area (Å²) in [6.45, 7) is 2.22. The number of aromatic nitrogens is 1. The maximum absolute atomic E-state index is 11.9. The minimum Gasteiger partial charge on any atom is -0.327 e. The number of rotatable bonds is 3. The fourth-order valence-corrected chi connectivity index (χ4v) is 2.05. The van der Waals surface area contributed by atoms with Crippen molar-refractivity contribution >= 4 is 5.78 Å². The second-order valence-electron chi connectivity index (χ2n) is 4.28. The van der Waals surface area contributed by atoms with Crippen LogP contribution in [0.3, 0.4) is 0 Å². The van der Waals surface area contributed by atoms with Crippen LogP contribution in [0, 0.1) is 0 Å². The Morgan fingerprint density at radius 2 is 2.44 bits per heavy atom. The molecule has 4 nitrogen and oxygen atoms in total. The smallest absolute Gasteiger partial charge is 0.195 e. The molecular formula is C12H17N3O. The van der Waals surface area contributed by atoms with Crippen molar-refractivity contribution in [3.8, 4) is 0 Å². The second-order valence-corrected chi connectivity index (χ2v) is 4.28. The molecule has 1 aromatic rings. The number of piperidine rings is 1. The Hall–Kier alpha value is -1.26.